The van der Waals surface area contributed by atoms with Gasteiger partial charge in [0.25, 0.3) is 0 Å². The quantitative estimate of drug-likeness (QED) is 0.633. The number of aromatic amines is 1. The van der Waals surface area contributed by atoms with Crippen molar-refractivity contribution >= 4 is 27.8 Å². The highest BCUT2D eigenvalue weighted by Gasteiger charge is 2.27. The number of rotatable bonds is 8. The molecule has 1 rings (SSSR count). The van der Waals surface area contributed by atoms with E-state index in [4.69, 9.17) is 5.11 Å². The van der Waals surface area contributed by atoms with Crippen LogP contribution in [0.15, 0.2) is 4.90 Å². The number of carboxylic acids is 1. The molecule has 0 fully saturated rings. The molecule has 0 aliphatic heterocycles. The number of thioether (sulfide) groups is 1. The van der Waals surface area contributed by atoms with E-state index < -0.39 is 16.0 Å². The van der Waals surface area contributed by atoms with Gasteiger partial charge in [0.1, 0.15) is 10.6 Å². The standard InChI is InChI=1S/C13H22N2O4S2/c1-5-20-7-6-8(2)15-21(18,19)12-9(3)11(13(16)17)14-10(12)4/h8,14-15H,5-7H2,1-4H3,(H,16,17). The number of aryl methyl sites for hydroxylation is 1. The molecule has 21 heavy (non-hydrogen) atoms. The molecule has 0 bridgehead atoms. The number of H-pyrrole nitrogens is 1. The Hall–Kier alpha value is -0.990. The van der Waals surface area contributed by atoms with E-state index in [0.717, 1.165) is 17.9 Å². The Kier molecular flexibility index (Phi) is 6.30. The van der Waals surface area contributed by atoms with Crippen molar-refractivity contribution < 1.29 is 18.3 Å². The van der Waals surface area contributed by atoms with Crippen molar-refractivity contribution in [1.29, 1.82) is 0 Å². The number of hydrogen-bond donors (Lipinski definition) is 3. The minimum atomic E-state index is -3.72. The van der Waals surface area contributed by atoms with Gasteiger partial charge in [0.05, 0.1) is 0 Å². The fraction of sp³-hybridized carbons (Fsp3) is 0.615. The lowest BCUT2D eigenvalue weighted by Crippen LogP contribution is -2.33. The lowest BCUT2D eigenvalue weighted by atomic mass is 10.2. The molecule has 1 aromatic rings. The van der Waals surface area contributed by atoms with Crippen LogP contribution in [0, 0.1) is 13.8 Å². The zero-order valence-corrected chi connectivity index (χ0v) is 14.3. The topological polar surface area (TPSA) is 99.3 Å². The van der Waals surface area contributed by atoms with Crippen molar-refractivity contribution in [3.63, 3.8) is 0 Å². The minimum absolute atomic E-state index is 0.0369. The Balaban J connectivity index is 2.96. The van der Waals surface area contributed by atoms with Gasteiger partial charge in [-0.1, -0.05) is 6.92 Å². The predicted molar refractivity (Wildman–Crippen MR) is 84.6 cm³/mol. The summed E-state index contributed by atoms with van der Waals surface area (Å²) in [7, 11) is -3.72. The number of hydrogen-bond acceptors (Lipinski definition) is 4. The first-order valence-corrected chi connectivity index (χ1v) is 9.37. The number of carboxylic acid groups (broad SMARTS) is 1. The van der Waals surface area contributed by atoms with Gasteiger partial charge in [-0.25, -0.2) is 17.9 Å². The van der Waals surface area contributed by atoms with Gasteiger partial charge in [-0.15, -0.1) is 0 Å². The first kappa shape index (κ1) is 18.1. The van der Waals surface area contributed by atoms with Gasteiger partial charge in [0.15, 0.2) is 0 Å². The molecule has 0 aliphatic carbocycles. The van der Waals surface area contributed by atoms with Crippen LogP contribution in [0.1, 0.15) is 42.0 Å². The van der Waals surface area contributed by atoms with E-state index >= 15 is 0 Å². The third kappa shape index (κ3) is 4.49. The maximum absolute atomic E-state index is 12.4. The molecule has 1 heterocycles. The van der Waals surface area contributed by atoms with E-state index in [-0.39, 0.29) is 22.2 Å². The van der Waals surface area contributed by atoms with Crippen LogP contribution in [0.5, 0.6) is 0 Å². The van der Waals surface area contributed by atoms with Gasteiger partial charge >= 0.3 is 5.97 Å². The molecule has 1 atom stereocenters. The first-order chi connectivity index (χ1) is 9.70. The normalized spacial score (nSPS) is 13.3. The summed E-state index contributed by atoms with van der Waals surface area (Å²) in [6, 6.07) is -0.198. The number of sulfonamides is 1. The second kappa shape index (κ2) is 7.33. The zero-order valence-electron chi connectivity index (χ0n) is 12.7. The van der Waals surface area contributed by atoms with Crippen molar-refractivity contribution in [2.75, 3.05) is 11.5 Å². The molecule has 0 amide bonds. The number of nitrogens with one attached hydrogen (secondary N) is 2. The molecule has 1 aromatic heterocycles. The lowest BCUT2D eigenvalue weighted by molar-refractivity contribution is 0.0690. The third-order valence-corrected chi connectivity index (χ3v) is 5.90. The van der Waals surface area contributed by atoms with E-state index in [1.807, 2.05) is 6.92 Å². The average Bonchev–Trinajstić information content (AvgIpc) is 2.65. The SMILES string of the molecule is CCSCCC(C)NS(=O)(=O)c1c(C)[nH]c(C(=O)O)c1C. The third-order valence-electron chi connectivity index (χ3n) is 3.11. The van der Waals surface area contributed by atoms with Crippen LogP contribution < -0.4 is 4.72 Å². The van der Waals surface area contributed by atoms with Crippen LogP contribution in [0.2, 0.25) is 0 Å². The van der Waals surface area contributed by atoms with Crippen molar-refractivity contribution in [2.45, 2.75) is 45.1 Å². The Bertz CT molecular complexity index is 608. The highest BCUT2D eigenvalue weighted by atomic mass is 32.2. The highest BCUT2D eigenvalue weighted by Crippen LogP contribution is 2.23. The first-order valence-electron chi connectivity index (χ1n) is 6.73. The smallest absolute Gasteiger partial charge is 0.352 e. The van der Waals surface area contributed by atoms with Crippen molar-refractivity contribution in [1.82, 2.24) is 9.71 Å². The fourth-order valence-corrected chi connectivity index (χ4v) is 4.67. The summed E-state index contributed by atoms with van der Waals surface area (Å²) in [4.78, 5) is 13.7. The second-order valence-electron chi connectivity index (χ2n) is 4.89. The molecule has 8 heteroatoms. The molecule has 0 radical (unpaired) electrons. The molecule has 6 nitrogen and oxygen atoms in total. The van der Waals surface area contributed by atoms with Crippen molar-refractivity contribution in [2.24, 2.45) is 0 Å². The second-order valence-corrected chi connectivity index (χ2v) is 7.94. The number of aromatic nitrogens is 1. The van der Waals surface area contributed by atoms with Crippen LogP contribution in [0.3, 0.4) is 0 Å². The monoisotopic (exact) mass is 334 g/mol. The lowest BCUT2D eigenvalue weighted by Gasteiger charge is -2.14. The Morgan fingerprint density at radius 3 is 2.52 bits per heavy atom. The van der Waals surface area contributed by atoms with Crippen LogP contribution in [0.4, 0.5) is 0 Å². The largest absolute Gasteiger partial charge is 0.477 e. The van der Waals surface area contributed by atoms with Crippen molar-refractivity contribution in [3.8, 4) is 0 Å². The van der Waals surface area contributed by atoms with E-state index in [1.165, 1.54) is 6.92 Å². The van der Waals surface area contributed by atoms with Crippen LogP contribution >= 0.6 is 11.8 Å². The molecule has 3 N–H and O–H groups in total. The van der Waals surface area contributed by atoms with Crippen LogP contribution in [0.25, 0.3) is 0 Å². The summed E-state index contributed by atoms with van der Waals surface area (Å²) in [5.41, 5.74) is 0.497. The van der Waals surface area contributed by atoms with Crippen molar-refractivity contribution in [3.05, 3.63) is 17.0 Å². The van der Waals surface area contributed by atoms with Gasteiger partial charge in [-0.2, -0.15) is 11.8 Å². The summed E-state index contributed by atoms with van der Waals surface area (Å²) < 4.78 is 27.5. The van der Waals surface area contributed by atoms with E-state index in [1.54, 1.807) is 18.7 Å². The maximum atomic E-state index is 12.4. The highest BCUT2D eigenvalue weighted by molar-refractivity contribution is 7.99. The summed E-state index contributed by atoms with van der Waals surface area (Å²) in [6.07, 6.45) is 0.728. The van der Waals surface area contributed by atoms with Gasteiger partial charge in [0.2, 0.25) is 10.0 Å². The van der Waals surface area contributed by atoms with E-state index in [9.17, 15) is 13.2 Å². The molecular formula is C13H22N2O4S2. The molecular weight excluding hydrogens is 312 g/mol. The fourth-order valence-electron chi connectivity index (χ4n) is 2.14. The molecule has 120 valence electrons. The average molecular weight is 334 g/mol. The zero-order chi connectivity index (χ0) is 16.2. The van der Waals surface area contributed by atoms with E-state index in [0.29, 0.717) is 5.69 Å². The molecule has 0 saturated heterocycles. The Morgan fingerprint density at radius 1 is 1.43 bits per heavy atom. The number of aromatic carboxylic acids is 1. The number of carbonyl (C=O) groups is 1. The Labute approximate surface area is 129 Å². The Morgan fingerprint density at radius 2 is 2.05 bits per heavy atom. The maximum Gasteiger partial charge on any atom is 0.352 e. The van der Waals surface area contributed by atoms with Crippen LogP contribution in [-0.2, 0) is 10.0 Å². The van der Waals surface area contributed by atoms with Gasteiger partial charge in [-0.3, -0.25) is 0 Å². The predicted octanol–water partition coefficient (Wildman–Crippen LogP) is 2.14. The molecule has 0 saturated carbocycles. The molecule has 1 unspecified atom stereocenters. The van der Waals surface area contributed by atoms with Gasteiger partial charge in [-0.05, 0) is 38.7 Å². The van der Waals surface area contributed by atoms with Gasteiger partial charge in [0, 0.05) is 17.3 Å². The summed E-state index contributed by atoms with van der Waals surface area (Å²) >= 11 is 1.75. The summed E-state index contributed by atoms with van der Waals surface area (Å²) in [6.45, 7) is 6.92. The van der Waals surface area contributed by atoms with E-state index in [2.05, 4.69) is 16.6 Å². The van der Waals surface area contributed by atoms with Gasteiger partial charge < -0.3 is 10.1 Å². The summed E-state index contributed by atoms with van der Waals surface area (Å²) in [5.74, 6) is 0.716. The molecule has 0 aromatic carbocycles. The summed E-state index contributed by atoms with van der Waals surface area (Å²) in [5, 5.41) is 9.05. The molecule has 0 spiro atoms. The minimum Gasteiger partial charge on any atom is -0.477 e. The van der Waals surface area contributed by atoms with Crippen LogP contribution in [-0.4, -0.2) is 42.0 Å². The molecule has 0 aliphatic rings.